The third kappa shape index (κ3) is 2.24. The second-order valence-corrected chi connectivity index (χ2v) is 9.09. The number of carbonyl (C=O) groups is 1. The summed E-state index contributed by atoms with van der Waals surface area (Å²) in [5.41, 5.74) is 7.69. The van der Waals surface area contributed by atoms with E-state index in [0.717, 1.165) is 50.1 Å². The van der Waals surface area contributed by atoms with Gasteiger partial charge >= 0.3 is 0 Å². The number of benzene rings is 1. The molecule has 1 aromatic carbocycles. The first kappa shape index (κ1) is 14.9. The van der Waals surface area contributed by atoms with Crippen LogP contribution in [0, 0.1) is 23.2 Å². The number of carbonyl (C=O) groups excluding carboxylic acids is 1. The van der Waals surface area contributed by atoms with E-state index in [9.17, 15) is 4.79 Å². The molecule has 0 unspecified atom stereocenters. The van der Waals surface area contributed by atoms with Crippen molar-refractivity contribution in [2.75, 3.05) is 13.1 Å². The third-order valence-electron chi connectivity index (χ3n) is 7.37. The Morgan fingerprint density at radius 2 is 1.54 bits per heavy atom. The minimum absolute atomic E-state index is 0.0277. The standard InChI is InChI=1S/C21H28N2O/c22-19-13-23(12-18(19)17-4-2-1-3-5-17)20(24)21-9-14-6-15(10-21)8-16(7-14)11-21/h1-5,14-16,18-19H,6-13,22H2/t14?,15?,16?,18-,19+,21?/m0/s1. The number of hydrogen-bond acceptors (Lipinski definition) is 2. The quantitative estimate of drug-likeness (QED) is 0.908. The molecule has 4 aliphatic carbocycles. The van der Waals surface area contributed by atoms with E-state index in [1.54, 1.807) is 0 Å². The maximum atomic E-state index is 13.5. The van der Waals surface area contributed by atoms with Crippen LogP contribution in [0.15, 0.2) is 30.3 Å². The summed E-state index contributed by atoms with van der Waals surface area (Å²) >= 11 is 0. The van der Waals surface area contributed by atoms with E-state index in [4.69, 9.17) is 5.73 Å². The van der Waals surface area contributed by atoms with Crippen molar-refractivity contribution in [1.29, 1.82) is 0 Å². The van der Waals surface area contributed by atoms with Crippen LogP contribution in [0.2, 0.25) is 0 Å². The van der Waals surface area contributed by atoms with Crippen molar-refractivity contribution in [2.45, 2.75) is 50.5 Å². The van der Waals surface area contributed by atoms with Gasteiger partial charge in [-0.25, -0.2) is 0 Å². The highest BCUT2D eigenvalue weighted by Gasteiger charge is 2.56. The highest BCUT2D eigenvalue weighted by molar-refractivity contribution is 5.84. The summed E-state index contributed by atoms with van der Waals surface area (Å²) in [5.74, 6) is 3.20. The van der Waals surface area contributed by atoms with Crippen LogP contribution in [0.1, 0.15) is 50.0 Å². The molecule has 24 heavy (non-hydrogen) atoms. The molecule has 1 saturated heterocycles. The molecule has 0 aromatic heterocycles. The zero-order chi connectivity index (χ0) is 16.3. The van der Waals surface area contributed by atoms with Gasteiger partial charge in [-0.1, -0.05) is 30.3 Å². The second kappa shape index (κ2) is 5.32. The van der Waals surface area contributed by atoms with Crippen LogP contribution in [0.4, 0.5) is 0 Å². The van der Waals surface area contributed by atoms with Crippen LogP contribution in [-0.2, 0) is 4.79 Å². The van der Waals surface area contributed by atoms with E-state index in [1.165, 1.54) is 24.8 Å². The van der Waals surface area contributed by atoms with E-state index >= 15 is 0 Å². The highest BCUT2D eigenvalue weighted by Crippen LogP contribution is 2.60. The van der Waals surface area contributed by atoms with E-state index in [2.05, 4.69) is 29.2 Å². The average Bonchev–Trinajstić information content (AvgIpc) is 2.95. The summed E-state index contributed by atoms with van der Waals surface area (Å²) in [4.78, 5) is 15.6. The predicted molar refractivity (Wildman–Crippen MR) is 94.3 cm³/mol. The molecule has 3 heteroatoms. The van der Waals surface area contributed by atoms with E-state index in [1.807, 2.05) is 6.07 Å². The second-order valence-electron chi connectivity index (χ2n) is 9.09. The van der Waals surface area contributed by atoms with Gasteiger partial charge in [0.25, 0.3) is 0 Å². The summed E-state index contributed by atoms with van der Waals surface area (Å²) in [5, 5.41) is 0. The smallest absolute Gasteiger partial charge is 0.228 e. The molecule has 3 nitrogen and oxygen atoms in total. The fourth-order valence-corrected chi connectivity index (χ4v) is 6.76. The Labute approximate surface area is 144 Å². The number of hydrogen-bond donors (Lipinski definition) is 1. The van der Waals surface area contributed by atoms with Gasteiger partial charge in [0.2, 0.25) is 5.91 Å². The fraction of sp³-hybridized carbons (Fsp3) is 0.667. The van der Waals surface area contributed by atoms with Crippen LogP contribution in [0.5, 0.6) is 0 Å². The third-order valence-corrected chi connectivity index (χ3v) is 7.37. The maximum absolute atomic E-state index is 13.5. The molecule has 0 radical (unpaired) electrons. The first-order valence-corrected chi connectivity index (χ1v) is 9.73. The van der Waals surface area contributed by atoms with E-state index < -0.39 is 0 Å². The molecule has 1 aromatic rings. The Bertz CT molecular complexity index is 605. The highest BCUT2D eigenvalue weighted by atomic mass is 16.2. The molecular weight excluding hydrogens is 296 g/mol. The molecule has 5 fully saturated rings. The zero-order valence-electron chi connectivity index (χ0n) is 14.4. The van der Waals surface area contributed by atoms with Gasteiger partial charge in [-0.05, 0) is 61.8 Å². The molecule has 1 amide bonds. The Morgan fingerprint density at radius 3 is 2.12 bits per heavy atom. The van der Waals surface area contributed by atoms with Crippen molar-refractivity contribution in [2.24, 2.45) is 28.9 Å². The number of nitrogens with two attached hydrogens (primary N) is 1. The zero-order valence-corrected chi connectivity index (χ0v) is 14.4. The minimum Gasteiger partial charge on any atom is -0.340 e. The minimum atomic E-state index is -0.0277. The SMILES string of the molecule is N[C@@H]1CN(C(=O)C23CC4CC(CC(C4)C2)C3)C[C@H]1c1ccccc1. The van der Waals surface area contributed by atoms with Gasteiger partial charge in [0, 0.05) is 25.0 Å². The van der Waals surface area contributed by atoms with Crippen LogP contribution in [-0.4, -0.2) is 29.9 Å². The summed E-state index contributed by atoms with van der Waals surface area (Å²) in [6, 6.07) is 10.6. The monoisotopic (exact) mass is 324 g/mol. The van der Waals surface area contributed by atoms with Crippen molar-refractivity contribution in [3.05, 3.63) is 35.9 Å². The number of nitrogens with zero attached hydrogens (tertiary/aromatic N) is 1. The molecule has 128 valence electrons. The molecule has 4 saturated carbocycles. The molecule has 1 heterocycles. The van der Waals surface area contributed by atoms with Gasteiger partial charge in [-0.2, -0.15) is 0 Å². The molecule has 2 atom stereocenters. The van der Waals surface area contributed by atoms with Gasteiger partial charge in [0.05, 0.1) is 5.41 Å². The van der Waals surface area contributed by atoms with Gasteiger partial charge in [0.1, 0.15) is 0 Å². The molecule has 5 aliphatic rings. The normalized spacial score (nSPS) is 43.4. The molecule has 1 aliphatic heterocycles. The predicted octanol–water partition coefficient (Wildman–Crippen LogP) is 3.16. The summed E-state index contributed by atoms with van der Waals surface area (Å²) in [6.45, 7) is 1.55. The molecule has 4 bridgehead atoms. The first-order valence-electron chi connectivity index (χ1n) is 9.73. The summed E-state index contributed by atoms with van der Waals surface area (Å²) in [7, 11) is 0. The number of rotatable bonds is 2. The van der Waals surface area contributed by atoms with E-state index in [0.29, 0.717) is 11.8 Å². The lowest BCUT2D eigenvalue weighted by Crippen LogP contribution is -2.54. The van der Waals surface area contributed by atoms with Crippen molar-refractivity contribution < 1.29 is 4.79 Å². The van der Waals surface area contributed by atoms with Crippen LogP contribution in [0.3, 0.4) is 0 Å². The lowest BCUT2D eigenvalue weighted by molar-refractivity contribution is -0.156. The topological polar surface area (TPSA) is 46.3 Å². The number of amides is 1. The Morgan fingerprint density at radius 1 is 0.958 bits per heavy atom. The largest absolute Gasteiger partial charge is 0.340 e. The van der Waals surface area contributed by atoms with E-state index in [-0.39, 0.29) is 11.5 Å². The van der Waals surface area contributed by atoms with Gasteiger partial charge in [-0.3, -0.25) is 4.79 Å². The van der Waals surface area contributed by atoms with Gasteiger partial charge in [-0.15, -0.1) is 0 Å². The fourth-order valence-electron chi connectivity index (χ4n) is 6.76. The van der Waals surface area contributed by atoms with Crippen molar-refractivity contribution >= 4 is 5.91 Å². The Balaban J connectivity index is 1.37. The lowest BCUT2D eigenvalue weighted by atomic mass is 9.49. The first-order chi connectivity index (χ1) is 11.6. The summed E-state index contributed by atoms with van der Waals surface area (Å²) < 4.78 is 0. The van der Waals surface area contributed by atoms with Crippen LogP contribution >= 0.6 is 0 Å². The summed E-state index contributed by atoms with van der Waals surface area (Å²) in [6.07, 6.45) is 7.62. The Kier molecular flexibility index (Phi) is 3.31. The van der Waals surface area contributed by atoms with Crippen LogP contribution in [0.25, 0.3) is 0 Å². The molecular formula is C21H28N2O. The van der Waals surface area contributed by atoms with Crippen molar-refractivity contribution in [3.63, 3.8) is 0 Å². The lowest BCUT2D eigenvalue weighted by Gasteiger charge is -2.56. The van der Waals surface area contributed by atoms with Crippen molar-refractivity contribution in [3.8, 4) is 0 Å². The molecule has 6 rings (SSSR count). The molecule has 2 N–H and O–H groups in total. The average molecular weight is 324 g/mol. The van der Waals surface area contributed by atoms with Crippen LogP contribution < -0.4 is 5.73 Å². The van der Waals surface area contributed by atoms with Gasteiger partial charge in [0.15, 0.2) is 0 Å². The molecule has 0 spiro atoms. The maximum Gasteiger partial charge on any atom is 0.228 e. The number of likely N-dealkylation sites (tertiary alicyclic amines) is 1. The van der Waals surface area contributed by atoms with Crippen molar-refractivity contribution in [1.82, 2.24) is 4.90 Å². The Hall–Kier alpha value is -1.35. The van der Waals surface area contributed by atoms with Gasteiger partial charge < -0.3 is 10.6 Å².